The van der Waals surface area contributed by atoms with E-state index in [1.807, 2.05) is 6.92 Å². The number of nitro groups is 1. The van der Waals surface area contributed by atoms with Crippen molar-refractivity contribution in [2.24, 2.45) is 0 Å². The van der Waals surface area contributed by atoms with Gasteiger partial charge in [0.1, 0.15) is 0 Å². The van der Waals surface area contributed by atoms with Gasteiger partial charge in [-0.3, -0.25) is 10.1 Å². The molecule has 19 heavy (non-hydrogen) atoms. The normalized spacial score (nSPS) is 21.6. The third-order valence-electron chi connectivity index (χ3n) is 3.24. The summed E-state index contributed by atoms with van der Waals surface area (Å²) in [4.78, 5) is 10.5. The van der Waals surface area contributed by atoms with Gasteiger partial charge in [-0.1, -0.05) is 0 Å². The van der Waals surface area contributed by atoms with E-state index in [0.29, 0.717) is 12.1 Å². The van der Waals surface area contributed by atoms with E-state index < -0.39 is 4.92 Å². The van der Waals surface area contributed by atoms with Crippen molar-refractivity contribution in [3.8, 4) is 5.75 Å². The SMILES string of the molecule is CCOC1CC(Nc2ccc(OC)c([N+](=O)[O-])c2)C1. The Morgan fingerprint density at radius 1 is 1.47 bits per heavy atom. The molecule has 6 heteroatoms. The maximum absolute atomic E-state index is 10.9. The zero-order valence-electron chi connectivity index (χ0n) is 11.1. The molecule has 0 radical (unpaired) electrons. The number of methoxy groups -OCH3 is 1. The van der Waals surface area contributed by atoms with Crippen molar-refractivity contribution in [2.75, 3.05) is 19.0 Å². The molecular formula is C13H18N2O4. The van der Waals surface area contributed by atoms with Crippen LogP contribution in [0, 0.1) is 10.1 Å². The Balaban J connectivity index is 1.98. The molecule has 1 aliphatic carbocycles. The molecule has 1 fully saturated rings. The molecule has 6 nitrogen and oxygen atoms in total. The lowest BCUT2D eigenvalue weighted by atomic mass is 9.89. The van der Waals surface area contributed by atoms with Gasteiger partial charge in [0.15, 0.2) is 5.75 Å². The molecule has 1 aromatic rings. The number of anilines is 1. The Hall–Kier alpha value is -1.82. The van der Waals surface area contributed by atoms with Gasteiger partial charge < -0.3 is 14.8 Å². The maximum Gasteiger partial charge on any atom is 0.312 e. The van der Waals surface area contributed by atoms with E-state index in [1.54, 1.807) is 12.1 Å². The average molecular weight is 266 g/mol. The van der Waals surface area contributed by atoms with E-state index in [9.17, 15) is 10.1 Å². The minimum Gasteiger partial charge on any atom is -0.490 e. The van der Waals surface area contributed by atoms with E-state index in [1.165, 1.54) is 13.2 Å². The first-order chi connectivity index (χ1) is 9.13. The molecule has 0 amide bonds. The molecule has 0 heterocycles. The van der Waals surface area contributed by atoms with Gasteiger partial charge in [0.25, 0.3) is 0 Å². The van der Waals surface area contributed by atoms with Crippen LogP contribution in [0.4, 0.5) is 11.4 Å². The van der Waals surface area contributed by atoms with Crippen molar-refractivity contribution in [3.05, 3.63) is 28.3 Å². The summed E-state index contributed by atoms with van der Waals surface area (Å²) in [6, 6.07) is 5.23. The Kier molecular flexibility index (Phi) is 4.21. The second-order valence-electron chi connectivity index (χ2n) is 4.53. The van der Waals surface area contributed by atoms with E-state index in [-0.39, 0.29) is 11.4 Å². The number of ether oxygens (including phenoxy) is 2. The largest absolute Gasteiger partial charge is 0.490 e. The van der Waals surface area contributed by atoms with Crippen molar-refractivity contribution in [2.45, 2.75) is 31.9 Å². The molecule has 0 saturated heterocycles. The first-order valence-corrected chi connectivity index (χ1v) is 6.34. The predicted octanol–water partition coefficient (Wildman–Crippen LogP) is 2.58. The summed E-state index contributed by atoms with van der Waals surface area (Å²) in [5.41, 5.74) is 0.723. The standard InChI is InChI=1S/C13H18N2O4/c1-3-19-11-6-10(7-11)14-9-4-5-13(18-2)12(8-9)15(16)17/h4-5,8,10-11,14H,3,6-7H2,1-2H3. The molecule has 0 aliphatic heterocycles. The Morgan fingerprint density at radius 2 is 2.21 bits per heavy atom. The number of hydrogen-bond acceptors (Lipinski definition) is 5. The van der Waals surface area contributed by atoms with Crippen LogP contribution in [0.3, 0.4) is 0 Å². The summed E-state index contributed by atoms with van der Waals surface area (Å²) in [5, 5.41) is 14.2. The minimum atomic E-state index is -0.437. The summed E-state index contributed by atoms with van der Waals surface area (Å²) < 4.78 is 10.4. The fraction of sp³-hybridized carbons (Fsp3) is 0.538. The predicted molar refractivity (Wildman–Crippen MR) is 71.7 cm³/mol. The van der Waals surface area contributed by atoms with Crippen LogP contribution in [-0.2, 0) is 4.74 Å². The van der Waals surface area contributed by atoms with Crippen molar-refractivity contribution >= 4 is 11.4 Å². The molecule has 104 valence electrons. The smallest absolute Gasteiger partial charge is 0.312 e. The van der Waals surface area contributed by atoms with E-state index in [2.05, 4.69) is 5.32 Å². The fourth-order valence-corrected chi connectivity index (χ4v) is 2.21. The van der Waals surface area contributed by atoms with Crippen LogP contribution in [-0.4, -0.2) is 30.8 Å². The minimum absolute atomic E-state index is 0.0202. The number of benzene rings is 1. The second-order valence-corrected chi connectivity index (χ2v) is 4.53. The van der Waals surface area contributed by atoms with E-state index >= 15 is 0 Å². The van der Waals surface area contributed by atoms with Crippen LogP contribution in [0.25, 0.3) is 0 Å². The Labute approximate surface area is 111 Å². The first kappa shape index (κ1) is 13.6. The highest BCUT2D eigenvalue weighted by Crippen LogP contribution is 2.32. The topological polar surface area (TPSA) is 73.6 Å². The van der Waals surface area contributed by atoms with E-state index in [0.717, 1.165) is 25.1 Å². The van der Waals surface area contributed by atoms with Gasteiger partial charge in [-0.05, 0) is 31.9 Å². The summed E-state index contributed by atoms with van der Waals surface area (Å²) in [6.07, 6.45) is 2.19. The second kappa shape index (κ2) is 5.88. The molecule has 0 unspecified atom stereocenters. The quantitative estimate of drug-likeness (QED) is 0.632. The van der Waals surface area contributed by atoms with Gasteiger partial charge in [0.05, 0.1) is 18.1 Å². The Morgan fingerprint density at radius 3 is 2.79 bits per heavy atom. The van der Waals surface area contributed by atoms with Crippen LogP contribution in [0.2, 0.25) is 0 Å². The monoisotopic (exact) mass is 266 g/mol. The summed E-state index contributed by atoms with van der Waals surface area (Å²) in [6.45, 7) is 2.71. The highest BCUT2D eigenvalue weighted by molar-refractivity contribution is 5.59. The number of rotatable bonds is 6. The summed E-state index contributed by atoms with van der Waals surface area (Å²) in [5.74, 6) is 0.274. The molecular weight excluding hydrogens is 248 g/mol. The molecule has 1 saturated carbocycles. The van der Waals surface area contributed by atoms with Crippen LogP contribution in [0.5, 0.6) is 5.75 Å². The molecule has 0 atom stereocenters. The van der Waals surface area contributed by atoms with Gasteiger partial charge in [-0.2, -0.15) is 0 Å². The van der Waals surface area contributed by atoms with Crippen LogP contribution >= 0.6 is 0 Å². The van der Waals surface area contributed by atoms with Gasteiger partial charge >= 0.3 is 5.69 Å². The number of nitrogens with one attached hydrogen (secondary N) is 1. The highest BCUT2D eigenvalue weighted by Gasteiger charge is 2.29. The molecule has 0 aromatic heterocycles. The third kappa shape index (κ3) is 3.14. The first-order valence-electron chi connectivity index (χ1n) is 6.34. The van der Waals surface area contributed by atoms with Gasteiger partial charge in [-0.15, -0.1) is 0 Å². The zero-order chi connectivity index (χ0) is 13.8. The number of nitro benzene ring substituents is 1. The van der Waals surface area contributed by atoms with Gasteiger partial charge in [0.2, 0.25) is 0 Å². The van der Waals surface area contributed by atoms with Crippen LogP contribution < -0.4 is 10.1 Å². The third-order valence-corrected chi connectivity index (χ3v) is 3.24. The molecule has 0 spiro atoms. The molecule has 1 N–H and O–H groups in total. The molecule has 1 aromatic carbocycles. The van der Waals surface area contributed by atoms with Crippen molar-refractivity contribution in [1.82, 2.24) is 0 Å². The lowest BCUT2D eigenvalue weighted by Gasteiger charge is -2.36. The van der Waals surface area contributed by atoms with Crippen LogP contribution in [0.1, 0.15) is 19.8 Å². The number of hydrogen-bond donors (Lipinski definition) is 1. The zero-order valence-corrected chi connectivity index (χ0v) is 11.1. The summed E-state index contributed by atoms with van der Waals surface area (Å²) in [7, 11) is 1.42. The molecule has 0 bridgehead atoms. The summed E-state index contributed by atoms with van der Waals surface area (Å²) >= 11 is 0. The van der Waals surface area contributed by atoms with Crippen molar-refractivity contribution < 1.29 is 14.4 Å². The van der Waals surface area contributed by atoms with Gasteiger partial charge in [-0.25, -0.2) is 0 Å². The lowest BCUT2D eigenvalue weighted by Crippen LogP contribution is -2.40. The lowest BCUT2D eigenvalue weighted by molar-refractivity contribution is -0.385. The van der Waals surface area contributed by atoms with Gasteiger partial charge in [0, 0.05) is 24.4 Å². The van der Waals surface area contributed by atoms with E-state index in [4.69, 9.17) is 9.47 Å². The Bertz CT molecular complexity index is 458. The maximum atomic E-state index is 10.9. The number of nitrogens with zero attached hydrogens (tertiary/aromatic N) is 1. The van der Waals surface area contributed by atoms with Crippen molar-refractivity contribution in [3.63, 3.8) is 0 Å². The average Bonchev–Trinajstić information content (AvgIpc) is 2.36. The van der Waals surface area contributed by atoms with Crippen LogP contribution in [0.15, 0.2) is 18.2 Å². The molecule has 1 aliphatic rings. The van der Waals surface area contributed by atoms with Crippen molar-refractivity contribution in [1.29, 1.82) is 0 Å². The highest BCUT2D eigenvalue weighted by atomic mass is 16.6. The molecule has 2 rings (SSSR count). The fourth-order valence-electron chi connectivity index (χ4n) is 2.21.